The summed E-state index contributed by atoms with van der Waals surface area (Å²) in [6, 6.07) is 6.24. The molecule has 1 heterocycles. The van der Waals surface area contributed by atoms with Gasteiger partial charge in [-0.15, -0.1) is 0 Å². The molecule has 2 N–H and O–H groups in total. The Morgan fingerprint density at radius 3 is 2.67 bits per heavy atom. The first kappa shape index (κ1) is 15.8. The molecule has 9 heteroatoms. The molecule has 5 nitrogen and oxygen atoms in total. The van der Waals surface area contributed by atoms with E-state index in [1.165, 1.54) is 12.1 Å². The summed E-state index contributed by atoms with van der Waals surface area (Å²) in [5.74, 6) is -2.27. The van der Waals surface area contributed by atoms with Crippen LogP contribution in [-0.4, -0.2) is 11.0 Å². The minimum Gasteiger partial charge on any atom is -0.308 e. The number of thiazole rings is 1. The summed E-state index contributed by atoms with van der Waals surface area (Å²) in [5, 5.41) is 13.6. The van der Waals surface area contributed by atoms with Crippen LogP contribution in [0.1, 0.15) is 5.56 Å². The Labute approximate surface area is 137 Å². The van der Waals surface area contributed by atoms with Gasteiger partial charge in [-0.05, 0) is 24.3 Å². The van der Waals surface area contributed by atoms with Gasteiger partial charge in [-0.1, -0.05) is 11.3 Å². The highest BCUT2D eigenvalue weighted by Crippen LogP contribution is 2.28. The third-order valence-corrected chi connectivity index (χ3v) is 3.90. The molecule has 2 amide bonds. The topological polar surface area (TPSA) is 77.8 Å². The summed E-state index contributed by atoms with van der Waals surface area (Å²) in [7, 11) is 0. The monoisotopic (exact) mass is 348 g/mol. The van der Waals surface area contributed by atoms with Crippen molar-refractivity contribution in [2.24, 2.45) is 0 Å². The Morgan fingerprint density at radius 2 is 1.92 bits per heavy atom. The van der Waals surface area contributed by atoms with Crippen LogP contribution in [-0.2, 0) is 0 Å². The van der Waals surface area contributed by atoms with Crippen LogP contribution in [0.3, 0.4) is 0 Å². The van der Waals surface area contributed by atoms with Gasteiger partial charge in [-0.2, -0.15) is 5.26 Å². The third kappa shape index (κ3) is 3.13. The van der Waals surface area contributed by atoms with Crippen molar-refractivity contribution in [2.75, 3.05) is 10.6 Å². The van der Waals surface area contributed by atoms with Gasteiger partial charge in [0.2, 0.25) is 0 Å². The highest BCUT2D eigenvalue weighted by Gasteiger charge is 2.13. The predicted molar refractivity (Wildman–Crippen MR) is 83.3 cm³/mol. The van der Waals surface area contributed by atoms with Crippen LogP contribution in [0.5, 0.6) is 0 Å². The standard InChI is InChI=1S/C15H7F3N4OS/c16-8-4-11(18)13-12(5-8)24-15(21-13)22-14(23)20-9-1-2-10(17)7(3-9)6-19/h1-5H,(H2,20,21,22,23). The molecule has 0 unspecified atom stereocenters. The van der Waals surface area contributed by atoms with Crippen molar-refractivity contribution in [3.63, 3.8) is 0 Å². The molecule has 3 rings (SSSR count). The zero-order chi connectivity index (χ0) is 17.3. The van der Waals surface area contributed by atoms with E-state index in [0.29, 0.717) is 6.07 Å². The summed E-state index contributed by atoms with van der Waals surface area (Å²) in [6.07, 6.45) is 0. The van der Waals surface area contributed by atoms with Crippen molar-refractivity contribution in [1.29, 1.82) is 5.26 Å². The van der Waals surface area contributed by atoms with Gasteiger partial charge in [-0.25, -0.2) is 22.9 Å². The van der Waals surface area contributed by atoms with E-state index in [-0.39, 0.29) is 26.6 Å². The summed E-state index contributed by atoms with van der Waals surface area (Å²) >= 11 is 0.899. The van der Waals surface area contributed by atoms with Gasteiger partial charge in [0.1, 0.15) is 23.2 Å². The van der Waals surface area contributed by atoms with Crippen LogP contribution in [0.2, 0.25) is 0 Å². The van der Waals surface area contributed by atoms with Gasteiger partial charge in [-0.3, -0.25) is 5.32 Å². The van der Waals surface area contributed by atoms with Crippen molar-refractivity contribution in [2.45, 2.75) is 0 Å². The fourth-order valence-electron chi connectivity index (χ4n) is 1.96. The van der Waals surface area contributed by atoms with E-state index in [1.807, 2.05) is 0 Å². The number of hydrogen-bond donors (Lipinski definition) is 2. The molecule has 0 saturated carbocycles. The molecule has 3 aromatic rings. The second-order valence-corrected chi connectivity index (χ2v) is 5.67. The maximum Gasteiger partial charge on any atom is 0.325 e. The molecular formula is C15H7F3N4OS. The lowest BCUT2D eigenvalue weighted by atomic mass is 10.2. The second kappa shape index (κ2) is 6.17. The van der Waals surface area contributed by atoms with E-state index in [2.05, 4.69) is 15.6 Å². The van der Waals surface area contributed by atoms with Crippen LogP contribution in [0, 0.1) is 28.8 Å². The lowest BCUT2D eigenvalue weighted by Gasteiger charge is -2.05. The number of nitrogens with zero attached hydrogens (tertiary/aromatic N) is 2. The molecule has 24 heavy (non-hydrogen) atoms. The number of nitriles is 1. The number of hydrogen-bond acceptors (Lipinski definition) is 4. The van der Waals surface area contributed by atoms with Crippen LogP contribution in [0.25, 0.3) is 10.2 Å². The van der Waals surface area contributed by atoms with Crippen LogP contribution in [0.4, 0.5) is 28.8 Å². The summed E-state index contributed by atoms with van der Waals surface area (Å²) in [5.41, 5.74) is -0.0700. The number of anilines is 2. The number of fused-ring (bicyclic) bond motifs is 1. The molecule has 0 saturated heterocycles. The number of benzene rings is 2. The number of urea groups is 1. The first-order valence-corrected chi connectivity index (χ1v) is 7.31. The van der Waals surface area contributed by atoms with E-state index in [4.69, 9.17) is 5.26 Å². The fourth-order valence-corrected chi connectivity index (χ4v) is 2.86. The van der Waals surface area contributed by atoms with Gasteiger partial charge in [0.25, 0.3) is 0 Å². The van der Waals surface area contributed by atoms with Crippen molar-refractivity contribution >= 4 is 38.4 Å². The van der Waals surface area contributed by atoms with Crippen LogP contribution >= 0.6 is 11.3 Å². The molecular weight excluding hydrogens is 341 g/mol. The normalized spacial score (nSPS) is 10.4. The number of aromatic nitrogens is 1. The maximum absolute atomic E-state index is 13.6. The summed E-state index contributed by atoms with van der Waals surface area (Å²) < 4.78 is 40.2. The number of carbonyl (C=O) groups excluding carboxylic acids is 1. The molecule has 0 aliphatic heterocycles. The molecule has 0 bridgehead atoms. The van der Waals surface area contributed by atoms with E-state index >= 15 is 0 Å². The Bertz CT molecular complexity index is 996. The molecule has 2 aromatic carbocycles. The van der Waals surface area contributed by atoms with Gasteiger partial charge < -0.3 is 5.32 Å². The Kier molecular flexibility index (Phi) is 4.05. The van der Waals surface area contributed by atoms with Gasteiger partial charge in [0, 0.05) is 11.8 Å². The average molecular weight is 348 g/mol. The predicted octanol–water partition coefficient (Wildman–Crippen LogP) is 4.23. The Balaban J connectivity index is 1.78. The van der Waals surface area contributed by atoms with Crippen molar-refractivity contribution in [1.82, 2.24) is 4.98 Å². The molecule has 0 atom stereocenters. The number of amides is 2. The lowest BCUT2D eigenvalue weighted by molar-refractivity contribution is 0.262. The van der Waals surface area contributed by atoms with Crippen molar-refractivity contribution < 1.29 is 18.0 Å². The lowest BCUT2D eigenvalue weighted by Crippen LogP contribution is -2.19. The first-order chi connectivity index (χ1) is 11.5. The maximum atomic E-state index is 13.6. The molecule has 1 aromatic heterocycles. The molecule has 0 aliphatic rings. The minimum absolute atomic E-state index is 0.0507. The van der Waals surface area contributed by atoms with Crippen LogP contribution in [0.15, 0.2) is 30.3 Å². The summed E-state index contributed by atoms with van der Waals surface area (Å²) in [6.45, 7) is 0. The van der Waals surface area contributed by atoms with Crippen molar-refractivity contribution in [3.8, 4) is 6.07 Å². The quantitative estimate of drug-likeness (QED) is 0.727. The molecule has 0 aliphatic carbocycles. The van der Waals surface area contributed by atoms with E-state index in [1.54, 1.807) is 6.07 Å². The zero-order valence-corrected chi connectivity index (χ0v) is 12.5. The van der Waals surface area contributed by atoms with Gasteiger partial charge in [0.15, 0.2) is 10.9 Å². The zero-order valence-electron chi connectivity index (χ0n) is 11.7. The molecule has 0 fully saturated rings. The first-order valence-electron chi connectivity index (χ1n) is 6.49. The third-order valence-electron chi connectivity index (χ3n) is 2.98. The van der Waals surface area contributed by atoms with Crippen molar-refractivity contribution in [3.05, 3.63) is 53.3 Å². The Hall–Kier alpha value is -3.12. The molecule has 0 radical (unpaired) electrons. The van der Waals surface area contributed by atoms with Gasteiger partial charge >= 0.3 is 6.03 Å². The average Bonchev–Trinajstić information content (AvgIpc) is 2.91. The number of nitrogens with one attached hydrogen (secondary N) is 2. The van der Waals surface area contributed by atoms with E-state index < -0.39 is 23.5 Å². The highest BCUT2D eigenvalue weighted by atomic mass is 32.1. The van der Waals surface area contributed by atoms with Crippen LogP contribution < -0.4 is 10.6 Å². The Morgan fingerprint density at radius 1 is 1.12 bits per heavy atom. The molecule has 0 spiro atoms. The van der Waals surface area contributed by atoms with E-state index in [9.17, 15) is 18.0 Å². The summed E-state index contributed by atoms with van der Waals surface area (Å²) in [4.78, 5) is 15.8. The largest absolute Gasteiger partial charge is 0.325 e. The smallest absolute Gasteiger partial charge is 0.308 e. The highest BCUT2D eigenvalue weighted by molar-refractivity contribution is 7.22. The fraction of sp³-hybridized carbons (Fsp3) is 0. The van der Waals surface area contributed by atoms with Gasteiger partial charge in [0.05, 0.1) is 10.3 Å². The minimum atomic E-state index is -0.827. The number of halogens is 3. The van der Waals surface area contributed by atoms with E-state index in [0.717, 1.165) is 23.5 Å². The number of rotatable bonds is 2. The molecule has 120 valence electrons. The second-order valence-electron chi connectivity index (χ2n) is 4.64. The SMILES string of the molecule is N#Cc1cc(NC(=O)Nc2nc3c(F)cc(F)cc3s2)ccc1F. The number of carbonyl (C=O) groups is 1.